The minimum absolute atomic E-state index is 0.252. The number of hydrogen-bond donors (Lipinski definition) is 2. The number of nitrogens with one attached hydrogen (secondary N) is 2. The van der Waals surface area contributed by atoms with Crippen molar-refractivity contribution in [2.75, 3.05) is 13.2 Å². The zero-order valence-electron chi connectivity index (χ0n) is 15.0. The zero-order chi connectivity index (χ0) is 18.9. The fraction of sp³-hybridized carbons (Fsp3) is 0.300. The molecule has 26 heavy (non-hydrogen) atoms. The summed E-state index contributed by atoms with van der Waals surface area (Å²) in [6.45, 7) is 4.73. The van der Waals surface area contributed by atoms with Gasteiger partial charge in [-0.3, -0.25) is 10.2 Å². The Morgan fingerprint density at radius 1 is 1.04 bits per heavy atom. The van der Waals surface area contributed by atoms with Gasteiger partial charge in [0.2, 0.25) is 0 Å². The Labute approximate surface area is 152 Å². The standard InChI is InChI=1S/C20H23FN2O3/c1-3-5-12-22-23-19(24)15-8-6-14(7-9-15)17-13-16(10-11-18(17)21)20(25)26-4-2/h6-11,13,22H,3-5,12H2,1-2H3,(H,23,24). The molecule has 0 atom stereocenters. The lowest BCUT2D eigenvalue weighted by atomic mass is 10.0. The van der Waals surface area contributed by atoms with Crippen LogP contribution in [0.4, 0.5) is 4.39 Å². The van der Waals surface area contributed by atoms with E-state index in [-0.39, 0.29) is 23.6 Å². The van der Waals surface area contributed by atoms with Crippen molar-refractivity contribution in [3.05, 3.63) is 59.4 Å². The van der Waals surface area contributed by atoms with Crippen molar-refractivity contribution in [1.82, 2.24) is 10.9 Å². The molecule has 5 nitrogen and oxygen atoms in total. The van der Waals surface area contributed by atoms with Crippen LogP contribution >= 0.6 is 0 Å². The van der Waals surface area contributed by atoms with E-state index < -0.39 is 11.8 Å². The molecule has 0 saturated heterocycles. The smallest absolute Gasteiger partial charge is 0.338 e. The first-order valence-electron chi connectivity index (χ1n) is 8.67. The van der Waals surface area contributed by atoms with Crippen molar-refractivity contribution in [2.24, 2.45) is 0 Å². The minimum atomic E-state index is -0.497. The summed E-state index contributed by atoms with van der Waals surface area (Å²) in [7, 11) is 0. The van der Waals surface area contributed by atoms with Crippen LogP contribution in [0.5, 0.6) is 0 Å². The summed E-state index contributed by atoms with van der Waals surface area (Å²) in [5, 5.41) is 0. The molecule has 0 heterocycles. The second-order valence-corrected chi connectivity index (χ2v) is 5.73. The molecule has 2 N–H and O–H groups in total. The molecule has 6 heteroatoms. The highest BCUT2D eigenvalue weighted by molar-refractivity contribution is 5.94. The van der Waals surface area contributed by atoms with Gasteiger partial charge in [-0.05, 0) is 49.2 Å². The van der Waals surface area contributed by atoms with Gasteiger partial charge in [0.1, 0.15) is 5.82 Å². The lowest BCUT2D eigenvalue weighted by Gasteiger charge is -2.09. The predicted octanol–water partition coefficient (Wildman–Crippen LogP) is 3.70. The molecular weight excluding hydrogens is 335 g/mol. The molecule has 0 unspecified atom stereocenters. The van der Waals surface area contributed by atoms with E-state index in [0.29, 0.717) is 17.7 Å². The SMILES string of the molecule is CCCCNNC(=O)c1ccc(-c2cc(C(=O)OCC)ccc2F)cc1. The summed E-state index contributed by atoms with van der Waals surface area (Å²) in [5.74, 6) is -1.20. The second-order valence-electron chi connectivity index (χ2n) is 5.73. The monoisotopic (exact) mass is 358 g/mol. The fourth-order valence-electron chi connectivity index (χ4n) is 2.37. The van der Waals surface area contributed by atoms with Crippen molar-refractivity contribution >= 4 is 11.9 Å². The Balaban J connectivity index is 2.13. The number of carbonyl (C=O) groups is 2. The average molecular weight is 358 g/mol. The summed E-state index contributed by atoms with van der Waals surface area (Å²) in [5.41, 5.74) is 7.07. The number of esters is 1. The van der Waals surface area contributed by atoms with E-state index in [2.05, 4.69) is 17.8 Å². The van der Waals surface area contributed by atoms with E-state index >= 15 is 0 Å². The minimum Gasteiger partial charge on any atom is -0.462 e. The maximum absolute atomic E-state index is 14.2. The van der Waals surface area contributed by atoms with E-state index in [9.17, 15) is 14.0 Å². The van der Waals surface area contributed by atoms with Crippen LogP contribution in [0.1, 0.15) is 47.4 Å². The van der Waals surface area contributed by atoms with Crippen molar-refractivity contribution in [1.29, 1.82) is 0 Å². The second kappa shape index (κ2) is 9.68. The first kappa shape index (κ1) is 19.6. The number of carbonyl (C=O) groups excluding carboxylic acids is 2. The number of rotatable bonds is 8. The number of unbranched alkanes of at least 4 members (excludes halogenated alkanes) is 1. The van der Waals surface area contributed by atoms with Crippen LogP contribution in [-0.4, -0.2) is 25.0 Å². The molecule has 2 aromatic carbocycles. The molecule has 0 spiro atoms. The lowest BCUT2D eigenvalue weighted by molar-refractivity contribution is 0.0526. The quantitative estimate of drug-likeness (QED) is 0.429. The average Bonchev–Trinajstić information content (AvgIpc) is 2.66. The third-order valence-electron chi connectivity index (χ3n) is 3.79. The maximum atomic E-state index is 14.2. The van der Waals surface area contributed by atoms with Crippen LogP contribution < -0.4 is 10.9 Å². The number of ether oxygens (including phenoxy) is 1. The molecule has 138 valence electrons. The van der Waals surface area contributed by atoms with Gasteiger partial charge in [0.15, 0.2) is 0 Å². The van der Waals surface area contributed by atoms with Crippen molar-refractivity contribution in [3.8, 4) is 11.1 Å². The topological polar surface area (TPSA) is 67.4 Å². The molecule has 1 amide bonds. The largest absolute Gasteiger partial charge is 0.462 e. The number of hydrogen-bond acceptors (Lipinski definition) is 4. The third-order valence-corrected chi connectivity index (χ3v) is 3.79. The first-order valence-corrected chi connectivity index (χ1v) is 8.67. The molecule has 0 fully saturated rings. The van der Waals surface area contributed by atoms with Gasteiger partial charge in [0.05, 0.1) is 12.2 Å². The molecule has 0 aliphatic carbocycles. The summed E-state index contributed by atoms with van der Waals surface area (Å²) in [4.78, 5) is 23.9. The van der Waals surface area contributed by atoms with Crippen molar-refractivity contribution < 1.29 is 18.7 Å². The molecule has 0 radical (unpaired) electrons. The van der Waals surface area contributed by atoms with E-state index in [1.807, 2.05) is 0 Å². The summed E-state index contributed by atoms with van der Waals surface area (Å²) in [6, 6.07) is 10.6. The van der Waals surface area contributed by atoms with Crippen LogP contribution in [0.2, 0.25) is 0 Å². The zero-order valence-corrected chi connectivity index (χ0v) is 15.0. The van der Waals surface area contributed by atoms with Crippen molar-refractivity contribution in [2.45, 2.75) is 26.7 Å². The molecule has 0 aliphatic heterocycles. The van der Waals surface area contributed by atoms with E-state index in [4.69, 9.17) is 4.74 Å². The van der Waals surface area contributed by atoms with Gasteiger partial charge in [0.25, 0.3) is 5.91 Å². The van der Waals surface area contributed by atoms with Crippen LogP contribution in [-0.2, 0) is 4.74 Å². The highest BCUT2D eigenvalue weighted by Crippen LogP contribution is 2.25. The maximum Gasteiger partial charge on any atom is 0.338 e. The Bertz CT molecular complexity index is 760. The lowest BCUT2D eigenvalue weighted by Crippen LogP contribution is -2.37. The van der Waals surface area contributed by atoms with Gasteiger partial charge < -0.3 is 4.74 Å². The number of halogens is 1. The van der Waals surface area contributed by atoms with Crippen LogP contribution in [0.3, 0.4) is 0 Å². The van der Waals surface area contributed by atoms with Gasteiger partial charge in [-0.2, -0.15) is 0 Å². The van der Waals surface area contributed by atoms with E-state index in [1.165, 1.54) is 18.2 Å². The fourth-order valence-corrected chi connectivity index (χ4v) is 2.37. The highest BCUT2D eigenvalue weighted by atomic mass is 19.1. The number of benzene rings is 2. The predicted molar refractivity (Wildman–Crippen MR) is 98.2 cm³/mol. The normalized spacial score (nSPS) is 10.4. The highest BCUT2D eigenvalue weighted by Gasteiger charge is 2.13. The summed E-state index contributed by atoms with van der Waals surface area (Å²) >= 11 is 0. The van der Waals surface area contributed by atoms with Crippen molar-refractivity contribution in [3.63, 3.8) is 0 Å². The van der Waals surface area contributed by atoms with E-state index in [1.54, 1.807) is 31.2 Å². The van der Waals surface area contributed by atoms with Crippen LogP contribution in [0, 0.1) is 5.82 Å². The Morgan fingerprint density at radius 3 is 2.38 bits per heavy atom. The van der Waals surface area contributed by atoms with Gasteiger partial charge in [-0.25, -0.2) is 14.6 Å². The Hall–Kier alpha value is -2.73. The molecule has 0 bridgehead atoms. The van der Waals surface area contributed by atoms with E-state index in [0.717, 1.165) is 12.8 Å². The molecule has 0 aliphatic rings. The third kappa shape index (κ3) is 5.13. The molecular formula is C20H23FN2O3. The number of hydrazine groups is 1. The number of amides is 1. The van der Waals surface area contributed by atoms with Gasteiger partial charge in [-0.15, -0.1) is 0 Å². The van der Waals surface area contributed by atoms with Crippen LogP contribution in [0.15, 0.2) is 42.5 Å². The summed E-state index contributed by atoms with van der Waals surface area (Å²) in [6.07, 6.45) is 2.00. The molecule has 0 saturated carbocycles. The van der Waals surface area contributed by atoms with Gasteiger partial charge in [-0.1, -0.05) is 25.5 Å². The van der Waals surface area contributed by atoms with Gasteiger partial charge >= 0.3 is 5.97 Å². The molecule has 0 aromatic heterocycles. The Morgan fingerprint density at radius 2 is 1.73 bits per heavy atom. The van der Waals surface area contributed by atoms with Gasteiger partial charge in [0, 0.05) is 17.7 Å². The van der Waals surface area contributed by atoms with Crippen LogP contribution in [0.25, 0.3) is 11.1 Å². The summed E-state index contributed by atoms with van der Waals surface area (Å²) < 4.78 is 19.1. The Kier molecular flexibility index (Phi) is 7.29. The molecule has 2 rings (SSSR count). The first-order chi connectivity index (χ1) is 12.6. The molecule has 2 aromatic rings.